The first-order chi connectivity index (χ1) is 1.41. The summed E-state index contributed by atoms with van der Waals surface area (Å²) in [6.07, 6.45) is 0. The average Bonchev–Trinajstić information content (AvgIpc) is 0.918. The fraction of sp³-hybridized carbons (Fsp3) is 0. The van der Waals surface area contributed by atoms with E-state index < -0.39 is 0 Å². The normalized spacial score (nSPS) is 3.60. The molecule has 0 unspecified atom stereocenters. The van der Waals surface area contributed by atoms with Crippen molar-refractivity contribution < 1.29 is 85.9 Å². The molecule has 5 heteroatoms. The van der Waals surface area contributed by atoms with Crippen LogP contribution in [-0.2, 0) is 0 Å². The van der Waals surface area contributed by atoms with Crippen molar-refractivity contribution in [2.24, 2.45) is 0 Å². The van der Waals surface area contributed by atoms with Crippen molar-refractivity contribution in [2.75, 3.05) is 0 Å². The van der Waals surface area contributed by atoms with Crippen LogP contribution >= 0.6 is 35.5 Å². The molecular weight excluding hydrogens is 674 g/mol. The van der Waals surface area contributed by atoms with Gasteiger partial charge in [0, 0.05) is 0 Å². The molecule has 0 heterocycles. The summed E-state index contributed by atoms with van der Waals surface area (Å²) in [6.45, 7) is 0. The van der Waals surface area contributed by atoms with Crippen LogP contribution < -0.4 is 85.9 Å². The molecule has 2 radical (unpaired) electrons. The van der Waals surface area contributed by atoms with Gasteiger partial charge in [0.05, 0.1) is 0 Å². The van der Waals surface area contributed by atoms with Gasteiger partial charge >= 0.3 is 120 Å². The van der Waals surface area contributed by atoms with Crippen molar-refractivity contribution in [3.05, 3.63) is 0 Å². The minimum absolute atomic E-state index is 0. The Kier molecular flexibility index (Phi) is 52.6. The van der Waals surface area contributed by atoms with E-state index in [9.17, 15) is 0 Å². The second-order valence-corrected chi connectivity index (χ2v) is 28.2. The molecule has 0 saturated carbocycles. The second kappa shape index (κ2) is 16.0. The summed E-state index contributed by atoms with van der Waals surface area (Å²) in [4.78, 5) is 0. The van der Waals surface area contributed by atoms with Crippen molar-refractivity contribution in [3.63, 3.8) is 0 Å². The number of hydrogen-bond acceptors (Lipinski definition) is 0. The molecule has 0 spiro atoms. The number of hydrogen-bond donors (Lipinski definition) is 0. The van der Waals surface area contributed by atoms with Gasteiger partial charge in [-0.15, -0.1) is 0 Å². The molecule has 0 amide bonds. The molecule has 0 aromatic carbocycles. The van der Waals surface area contributed by atoms with Crippen LogP contribution in [0.4, 0.5) is 0 Å². The van der Waals surface area contributed by atoms with E-state index in [-0.39, 0.29) is 102 Å². The average molecular weight is 674 g/mol. The third-order valence-electron chi connectivity index (χ3n) is 0. The van der Waals surface area contributed by atoms with E-state index in [4.69, 9.17) is 0 Å². The van der Waals surface area contributed by atoms with Gasteiger partial charge in [0.15, 0.2) is 0 Å². The van der Waals surface area contributed by atoms with E-state index in [0.29, 0.717) is 0 Å². The van der Waals surface area contributed by atoms with Crippen molar-refractivity contribution in [1.29, 1.82) is 0 Å². The molecule has 0 aromatic heterocycles. The van der Waals surface area contributed by atoms with Crippen LogP contribution in [0.25, 0.3) is 0 Å². The molecule has 0 bridgehead atoms. The summed E-state index contributed by atoms with van der Waals surface area (Å²) in [7, 11) is 0. The summed E-state index contributed by atoms with van der Waals surface area (Å²) in [5.41, 5.74) is 0. The zero-order chi connectivity index (χ0) is 2.71. The third kappa shape index (κ3) is 17.6. The van der Waals surface area contributed by atoms with Gasteiger partial charge in [0.25, 0.3) is 0 Å². The monoisotopic (exact) mass is 674 g/mol. The van der Waals surface area contributed by atoms with E-state index in [1.54, 1.807) is 0 Å². The first-order valence-electron chi connectivity index (χ1n) is 0.378. The Morgan fingerprint density at radius 3 is 1.20 bits per heavy atom. The summed E-state index contributed by atoms with van der Waals surface area (Å²) >= 11 is 4.96. The molecule has 26 valence electrons. The van der Waals surface area contributed by atoms with Gasteiger partial charge < -0.3 is 17.0 Å². The SMILES string of the molecule is [Br-].[Cs+].[I][Pb][I]. The van der Waals surface area contributed by atoms with Crippen LogP contribution in [0.1, 0.15) is 0 Å². The second-order valence-electron chi connectivity index (χ2n) is 0.0714. The molecule has 0 atom stereocenters. The van der Waals surface area contributed by atoms with Crippen LogP contribution in [0.3, 0.4) is 0 Å². The first kappa shape index (κ1) is 16.5. The van der Waals surface area contributed by atoms with Crippen LogP contribution in [0.15, 0.2) is 0 Å². The Morgan fingerprint density at radius 1 is 1.20 bits per heavy atom. The van der Waals surface area contributed by atoms with Gasteiger partial charge in [-0.05, 0) is 0 Å². The molecule has 0 nitrogen and oxygen atoms in total. The van der Waals surface area contributed by atoms with Crippen molar-refractivity contribution in [3.8, 4) is 0 Å². The van der Waals surface area contributed by atoms with Gasteiger partial charge in [-0.2, -0.15) is 0 Å². The fourth-order valence-electron chi connectivity index (χ4n) is 0. The summed E-state index contributed by atoms with van der Waals surface area (Å²) in [6, 6.07) is 0. The fourth-order valence-corrected chi connectivity index (χ4v) is 0. The van der Waals surface area contributed by atoms with Crippen molar-refractivity contribution in [1.82, 2.24) is 0 Å². The predicted octanol–water partition coefficient (Wildman–Crippen LogP) is -4.60. The van der Waals surface area contributed by atoms with E-state index in [1.807, 2.05) is 0 Å². The Hall–Kier alpha value is 4.91. The zero-order valence-electron chi connectivity index (χ0n) is 2.63. The van der Waals surface area contributed by atoms with E-state index in [0.717, 1.165) is 0 Å². The number of halogens is 3. The Balaban J connectivity index is -0.0000000200. The van der Waals surface area contributed by atoms with Gasteiger partial charge in [-0.3, -0.25) is 0 Å². The molecule has 5 heavy (non-hydrogen) atoms. The summed E-state index contributed by atoms with van der Waals surface area (Å²) < 4.78 is 0. The van der Waals surface area contributed by atoms with Gasteiger partial charge in [0.2, 0.25) is 0 Å². The van der Waals surface area contributed by atoms with E-state index >= 15 is 0 Å². The molecule has 0 aliphatic heterocycles. The van der Waals surface area contributed by atoms with E-state index in [1.165, 1.54) is 0 Å². The third-order valence-corrected chi connectivity index (χ3v) is 0. The molecule has 0 aromatic rings. The predicted molar refractivity (Wildman–Crippen MR) is 33.8 cm³/mol. The first-order valence-corrected chi connectivity index (χ1v) is 22.2. The molecular formula is BrCsI2Pb. The Morgan fingerprint density at radius 2 is 1.20 bits per heavy atom. The standard InChI is InChI=1S/BrH.Cs.2HI.Pb/h1H;;2*1H;/q;+1;;;+2/p-3. The maximum atomic E-state index is 2.47. The van der Waals surface area contributed by atoms with Crippen molar-refractivity contribution >= 4 is 51.2 Å². The van der Waals surface area contributed by atoms with Crippen LogP contribution in [0.2, 0.25) is 0 Å². The topological polar surface area (TPSA) is 0 Å². The van der Waals surface area contributed by atoms with Gasteiger partial charge in [-0.25, -0.2) is 0 Å². The summed E-state index contributed by atoms with van der Waals surface area (Å²) in [5.74, 6) is 0. The number of rotatable bonds is 0. The zero-order valence-corrected chi connectivity index (χ0v) is 18.7. The molecule has 0 rings (SSSR count). The minimum atomic E-state index is 0. The van der Waals surface area contributed by atoms with E-state index in [2.05, 4.69) is 35.5 Å². The van der Waals surface area contributed by atoms with Crippen LogP contribution in [0.5, 0.6) is 0 Å². The molecule has 0 aliphatic rings. The Bertz CT molecular complexity index is 9.61. The van der Waals surface area contributed by atoms with Gasteiger partial charge in [0.1, 0.15) is 0 Å². The summed E-state index contributed by atoms with van der Waals surface area (Å²) in [5, 5.41) is 0. The van der Waals surface area contributed by atoms with Crippen LogP contribution in [0, 0.1) is 0 Å². The quantitative estimate of drug-likeness (QED) is 0.180. The van der Waals surface area contributed by atoms with Crippen molar-refractivity contribution in [2.45, 2.75) is 0 Å². The molecule has 0 aliphatic carbocycles. The Labute approximate surface area is 132 Å². The molecule has 0 fully saturated rings. The van der Waals surface area contributed by atoms with Crippen LogP contribution in [-0.4, -0.2) is 15.6 Å². The van der Waals surface area contributed by atoms with Gasteiger partial charge in [-0.1, -0.05) is 0 Å². The molecule has 0 saturated heterocycles. The molecule has 0 N–H and O–H groups in total. The maximum absolute atomic E-state index is 2.47.